The van der Waals surface area contributed by atoms with E-state index in [4.69, 9.17) is 0 Å². The first-order valence-electron chi connectivity index (χ1n) is 7.59. The fourth-order valence-electron chi connectivity index (χ4n) is 2.75. The van der Waals surface area contributed by atoms with E-state index in [-0.39, 0.29) is 12.5 Å². The molecule has 0 aliphatic carbocycles. The number of fused-ring (bicyclic) bond motifs is 1. The molecule has 1 heterocycles. The van der Waals surface area contributed by atoms with Crippen LogP contribution < -0.4 is 5.32 Å². The number of hydrogen-bond acceptors (Lipinski definition) is 2. The molecule has 5 heteroatoms. The lowest BCUT2D eigenvalue weighted by atomic mass is 10.1. The fourth-order valence-corrected chi connectivity index (χ4v) is 2.75. The van der Waals surface area contributed by atoms with Crippen LogP contribution in [0.2, 0.25) is 0 Å². The molecule has 1 N–H and O–H groups in total. The quantitative estimate of drug-likeness (QED) is 0.741. The molecule has 0 atom stereocenters. The monoisotopic (exact) mass is 324 g/mol. The summed E-state index contributed by atoms with van der Waals surface area (Å²) in [5.74, 6) is -0.620. The maximum atomic E-state index is 13.4. The molecule has 4 nitrogen and oxygen atoms in total. The number of benzene rings is 2. The Kier molecular flexibility index (Phi) is 4.16. The number of nitrogens with zero attached hydrogens (tertiary/aromatic N) is 1. The van der Waals surface area contributed by atoms with Gasteiger partial charge in [-0.2, -0.15) is 0 Å². The number of hydrogen-bond donors (Lipinski definition) is 1. The lowest BCUT2D eigenvalue weighted by Crippen LogP contribution is -2.19. The highest BCUT2D eigenvalue weighted by molar-refractivity contribution is 5.99. The number of carbonyl (C=O) groups excluding carboxylic acids is 2. The van der Waals surface area contributed by atoms with E-state index in [1.54, 1.807) is 16.8 Å². The van der Waals surface area contributed by atoms with E-state index in [9.17, 15) is 14.0 Å². The third-order valence-electron chi connectivity index (χ3n) is 4.19. The molecule has 1 aromatic heterocycles. The first-order chi connectivity index (χ1) is 11.5. The normalized spacial score (nSPS) is 10.8. The first-order valence-corrected chi connectivity index (χ1v) is 7.59. The fraction of sp³-hybridized carbons (Fsp3) is 0.158. The number of amides is 1. The van der Waals surface area contributed by atoms with Crippen LogP contribution in [0, 0.1) is 19.7 Å². The van der Waals surface area contributed by atoms with E-state index in [1.165, 1.54) is 12.1 Å². The van der Waals surface area contributed by atoms with E-state index < -0.39 is 5.82 Å². The van der Waals surface area contributed by atoms with Gasteiger partial charge in [0.05, 0.1) is 0 Å². The molecule has 0 unspecified atom stereocenters. The molecule has 1 amide bonds. The Morgan fingerprint density at radius 2 is 2.04 bits per heavy atom. The lowest BCUT2D eigenvalue weighted by molar-refractivity contribution is -0.116. The van der Waals surface area contributed by atoms with E-state index in [2.05, 4.69) is 5.32 Å². The predicted octanol–water partition coefficient (Wildman–Crippen LogP) is 3.85. The number of anilines is 1. The molecule has 0 saturated carbocycles. The van der Waals surface area contributed by atoms with Gasteiger partial charge in [-0.05, 0) is 49.2 Å². The van der Waals surface area contributed by atoms with E-state index in [0.717, 1.165) is 16.8 Å². The van der Waals surface area contributed by atoms with Gasteiger partial charge in [-0.15, -0.1) is 0 Å². The van der Waals surface area contributed by atoms with Crippen molar-refractivity contribution >= 4 is 28.8 Å². The van der Waals surface area contributed by atoms with Gasteiger partial charge in [-0.1, -0.05) is 12.1 Å². The van der Waals surface area contributed by atoms with Crippen molar-refractivity contribution in [2.24, 2.45) is 0 Å². The van der Waals surface area contributed by atoms with Crippen LogP contribution in [-0.2, 0) is 11.3 Å². The minimum Gasteiger partial charge on any atom is -0.337 e. The Morgan fingerprint density at radius 1 is 1.25 bits per heavy atom. The zero-order valence-corrected chi connectivity index (χ0v) is 13.5. The van der Waals surface area contributed by atoms with E-state index in [0.29, 0.717) is 22.8 Å². The smallest absolute Gasteiger partial charge is 0.244 e. The number of aldehydes is 1. The summed E-state index contributed by atoms with van der Waals surface area (Å²) >= 11 is 0. The highest BCUT2D eigenvalue weighted by Crippen LogP contribution is 2.22. The molecular formula is C19H17FN2O2. The molecule has 2 aromatic carbocycles. The summed E-state index contributed by atoms with van der Waals surface area (Å²) in [7, 11) is 0. The van der Waals surface area contributed by atoms with Gasteiger partial charge in [-0.3, -0.25) is 9.59 Å². The van der Waals surface area contributed by atoms with Gasteiger partial charge in [0.25, 0.3) is 0 Å². The standard InChI is InChI=1S/C19H17FN2O2/c1-12-4-3-5-17(13(12)2)21-19(24)10-22-9-14(11-23)16-8-15(20)6-7-18(16)22/h3-9,11H,10H2,1-2H3,(H,21,24). The van der Waals surface area contributed by atoms with Crippen molar-refractivity contribution in [3.8, 4) is 0 Å². The van der Waals surface area contributed by atoms with Crippen LogP contribution in [-0.4, -0.2) is 16.8 Å². The molecule has 0 saturated heterocycles. The van der Waals surface area contributed by atoms with Gasteiger partial charge in [0.15, 0.2) is 6.29 Å². The van der Waals surface area contributed by atoms with E-state index >= 15 is 0 Å². The third kappa shape index (κ3) is 2.93. The largest absolute Gasteiger partial charge is 0.337 e. The molecule has 0 radical (unpaired) electrons. The van der Waals surface area contributed by atoms with Crippen LogP contribution in [0.1, 0.15) is 21.5 Å². The summed E-state index contributed by atoms with van der Waals surface area (Å²) in [6.45, 7) is 3.97. The summed E-state index contributed by atoms with van der Waals surface area (Å²) in [4.78, 5) is 23.5. The molecule has 0 bridgehead atoms. The molecule has 0 fully saturated rings. The lowest BCUT2D eigenvalue weighted by Gasteiger charge is -2.11. The summed E-state index contributed by atoms with van der Waals surface area (Å²) in [5, 5.41) is 3.38. The average molecular weight is 324 g/mol. The Labute approximate surface area is 138 Å². The number of halogens is 1. The first kappa shape index (κ1) is 15.9. The van der Waals surface area contributed by atoms with Crippen LogP contribution >= 0.6 is 0 Å². The van der Waals surface area contributed by atoms with Gasteiger partial charge in [0.1, 0.15) is 12.4 Å². The second-order valence-electron chi connectivity index (χ2n) is 5.79. The average Bonchev–Trinajstić information content (AvgIpc) is 2.88. The van der Waals surface area contributed by atoms with Crippen molar-refractivity contribution in [1.29, 1.82) is 0 Å². The maximum Gasteiger partial charge on any atom is 0.244 e. The summed E-state index contributed by atoms with van der Waals surface area (Å²) in [5.41, 5.74) is 3.88. The SMILES string of the molecule is Cc1cccc(NC(=O)Cn2cc(C=O)c3cc(F)ccc32)c1C. The summed E-state index contributed by atoms with van der Waals surface area (Å²) in [6, 6.07) is 9.91. The maximum absolute atomic E-state index is 13.4. The van der Waals surface area contributed by atoms with Gasteiger partial charge < -0.3 is 9.88 Å². The highest BCUT2D eigenvalue weighted by atomic mass is 19.1. The minimum absolute atomic E-state index is 0.0450. The Bertz CT molecular complexity index is 944. The van der Waals surface area contributed by atoms with Crippen LogP contribution in [0.15, 0.2) is 42.6 Å². The van der Waals surface area contributed by atoms with Crippen LogP contribution in [0.3, 0.4) is 0 Å². The third-order valence-corrected chi connectivity index (χ3v) is 4.19. The summed E-state index contributed by atoms with van der Waals surface area (Å²) < 4.78 is 15.0. The van der Waals surface area contributed by atoms with Crippen molar-refractivity contribution in [3.63, 3.8) is 0 Å². The minimum atomic E-state index is -0.414. The molecule has 24 heavy (non-hydrogen) atoms. The highest BCUT2D eigenvalue weighted by Gasteiger charge is 2.12. The van der Waals surface area contributed by atoms with Gasteiger partial charge in [0.2, 0.25) is 5.91 Å². The number of nitrogens with one attached hydrogen (secondary N) is 1. The van der Waals surface area contributed by atoms with Gasteiger partial charge in [0, 0.05) is 28.4 Å². The van der Waals surface area contributed by atoms with Crippen LogP contribution in [0.25, 0.3) is 10.9 Å². The molecule has 122 valence electrons. The summed E-state index contributed by atoms with van der Waals surface area (Å²) in [6.07, 6.45) is 2.24. The van der Waals surface area contributed by atoms with Crippen molar-refractivity contribution in [3.05, 3.63) is 65.1 Å². The molecular weight excluding hydrogens is 307 g/mol. The zero-order valence-electron chi connectivity index (χ0n) is 13.5. The van der Waals surface area contributed by atoms with Gasteiger partial charge in [-0.25, -0.2) is 4.39 Å². The number of rotatable bonds is 4. The Hall–Kier alpha value is -2.95. The Balaban J connectivity index is 1.88. The second-order valence-corrected chi connectivity index (χ2v) is 5.79. The second kappa shape index (κ2) is 6.28. The Morgan fingerprint density at radius 3 is 2.79 bits per heavy atom. The zero-order chi connectivity index (χ0) is 17.3. The molecule has 3 aromatic rings. The molecule has 3 rings (SSSR count). The topological polar surface area (TPSA) is 51.1 Å². The number of aromatic nitrogens is 1. The van der Waals surface area contributed by atoms with Crippen molar-refractivity contribution < 1.29 is 14.0 Å². The molecule has 0 aliphatic heterocycles. The number of aryl methyl sites for hydroxylation is 1. The van der Waals surface area contributed by atoms with Crippen LogP contribution in [0.5, 0.6) is 0 Å². The van der Waals surface area contributed by atoms with Crippen molar-refractivity contribution in [2.75, 3.05) is 5.32 Å². The van der Waals surface area contributed by atoms with E-state index in [1.807, 2.05) is 32.0 Å². The van der Waals surface area contributed by atoms with Crippen LogP contribution in [0.4, 0.5) is 10.1 Å². The predicted molar refractivity (Wildman–Crippen MR) is 91.8 cm³/mol. The molecule has 0 aliphatic rings. The van der Waals surface area contributed by atoms with Crippen molar-refractivity contribution in [1.82, 2.24) is 4.57 Å². The van der Waals surface area contributed by atoms with Gasteiger partial charge >= 0.3 is 0 Å². The van der Waals surface area contributed by atoms with Crippen molar-refractivity contribution in [2.45, 2.75) is 20.4 Å². The number of carbonyl (C=O) groups is 2. The molecule has 0 spiro atoms.